The summed E-state index contributed by atoms with van der Waals surface area (Å²) in [6, 6.07) is 0.621. The van der Waals surface area contributed by atoms with E-state index < -0.39 is 0 Å². The van der Waals surface area contributed by atoms with Gasteiger partial charge >= 0.3 is 0 Å². The molecule has 1 N–H and O–H groups in total. The van der Waals surface area contributed by atoms with Crippen LogP contribution in [0.4, 0.5) is 0 Å². The van der Waals surface area contributed by atoms with Crippen LogP contribution in [0.15, 0.2) is 0 Å². The van der Waals surface area contributed by atoms with Crippen LogP contribution in [0.1, 0.15) is 64.3 Å². The molecule has 0 spiro atoms. The molecule has 0 radical (unpaired) electrons. The number of hydrogen-bond donors (Lipinski definition) is 1. The molecule has 3 nitrogen and oxygen atoms in total. The van der Waals surface area contributed by atoms with Gasteiger partial charge in [0.25, 0.3) is 0 Å². The summed E-state index contributed by atoms with van der Waals surface area (Å²) in [6.07, 6.45) is 3.42. The smallest absolute Gasteiger partial charge is 0.109 e. The fraction of sp³-hybridized carbons (Fsp3) is 0.812. The molecule has 106 valence electrons. The predicted molar refractivity (Wildman–Crippen MR) is 78.2 cm³/mol. The molecule has 1 aliphatic carbocycles. The summed E-state index contributed by atoms with van der Waals surface area (Å²) in [4.78, 5) is 4.93. The number of fused-ring (bicyclic) bond motifs is 1. The maximum absolute atomic E-state index is 4.93. The second kappa shape index (κ2) is 4.08. The van der Waals surface area contributed by atoms with Gasteiger partial charge in [-0.25, -0.2) is 4.98 Å². The number of rotatable bonds is 3. The van der Waals surface area contributed by atoms with Crippen molar-refractivity contribution in [2.45, 2.75) is 66.5 Å². The molecule has 1 aromatic rings. The van der Waals surface area contributed by atoms with Gasteiger partial charge in [-0.2, -0.15) is 0 Å². The minimum absolute atomic E-state index is 0.384. The normalized spacial score (nSPS) is 24.3. The number of aromatic nitrogens is 2. The van der Waals surface area contributed by atoms with Crippen molar-refractivity contribution >= 4 is 0 Å². The van der Waals surface area contributed by atoms with Crippen molar-refractivity contribution in [3.05, 3.63) is 17.2 Å². The number of nitrogens with zero attached hydrogens (tertiary/aromatic N) is 2. The average molecular weight is 261 g/mol. The van der Waals surface area contributed by atoms with Crippen LogP contribution in [-0.4, -0.2) is 16.1 Å². The van der Waals surface area contributed by atoms with E-state index in [0.29, 0.717) is 16.9 Å². The Morgan fingerprint density at radius 1 is 1.26 bits per heavy atom. The molecule has 0 bridgehead atoms. The van der Waals surface area contributed by atoms with E-state index in [0.717, 1.165) is 25.9 Å². The zero-order valence-corrected chi connectivity index (χ0v) is 13.0. The van der Waals surface area contributed by atoms with E-state index in [1.165, 1.54) is 23.6 Å². The van der Waals surface area contributed by atoms with Gasteiger partial charge in [-0.1, -0.05) is 34.6 Å². The van der Waals surface area contributed by atoms with Crippen LogP contribution in [0.3, 0.4) is 0 Å². The molecule has 1 aromatic heterocycles. The minimum Gasteiger partial charge on any atom is -0.327 e. The summed E-state index contributed by atoms with van der Waals surface area (Å²) < 4.78 is 2.61. The van der Waals surface area contributed by atoms with E-state index in [-0.39, 0.29) is 0 Å². The van der Waals surface area contributed by atoms with Crippen LogP contribution >= 0.6 is 0 Å². The van der Waals surface area contributed by atoms with Crippen LogP contribution in [0.5, 0.6) is 0 Å². The van der Waals surface area contributed by atoms with Gasteiger partial charge in [-0.15, -0.1) is 0 Å². The summed E-state index contributed by atoms with van der Waals surface area (Å²) in [7, 11) is 0. The maximum Gasteiger partial charge on any atom is 0.109 e. The van der Waals surface area contributed by atoms with Crippen LogP contribution in [0.25, 0.3) is 0 Å². The molecule has 1 fully saturated rings. The van der Waals surface area contributed by atoms with Crippen molar-refractivity contribution in [2.75, 3.05) is 6.54 Å². The minimum atomic E-state index is 0.384. The summed E-state index contributed by atoms with van der Waals surface area (Å²) in [5, 5.41) is 3.45. The summed E-state index contributed by atoms with van der Waals surface area (Å²) in [6.45, 7) is 13.9. The number of aryl methyl sites for hydroxylation is 1. The van der Waals surface area contributed by atoms with Crippen molar-refractivity contribution in [1.82, 2.24) is 14.9 Å². The monoisotopic (exact) mass is 261 g/mol. The van der Waals surface area contributed by atoms with Gasteiger partial charge < -0.3 is 9.88 Å². The largest absolute Gasteiger partial charge is 0.327 e. The zero-order chi connectivity index (χ0) is 13.8. The Morgan fingerprint density at radius 2 is 1.95 bits per heavy atom. The molecule has 0 saturated heterocycles. The number of hydrogen-bond acceptors (Lipinski definition) is 2. The van der Waals surface area contributed by atoms with Crippen LogP contribution < -0.4 is 5.32 Å². The summed E-state index contributed by atoms with van der Waals surface area (Å²) in [5.74, 6) is 1.32. The van der Waals surface area contributed by atoms with E-state index in [4.69, 9.17) is 4.98 Å². The number of nitrogens with one attached hydrogen (secondary N) is 1. The molecule has 0 amide bonds. The van der Waals surface area contributed by atoms with Gasteiger partial charge in [0.15, 0.2) is 0 Å². The van der Waals surface area contributed by atoms with Gasteiger partial charge in [-0.3, -0.25) is 0 Å². The molecule has 3 heteroatoms. The SMILES string of the molecule is CCCc1nc2c(n1C1C(C)(C)C1(C)C)CCNC2. The second-order valence-electron chi connectivity index (χ2n) is 7.31. The lowest BCUT2D eigenvalue weighted by Gasteiger charge is -2.18. The van der Waals surface area contributed by atoms with Gasteiger partial charge in [0.1, 0.15) is 5.82 Å². The van der Waals surface area contributed by atoms with Gasteiger partial charge in [0, 0.05) is 37.7 Å². The molecule has 2 heterocycles. The van der Waals surface area contributed by atoms with Crippen molar-refractivity contribution in [3.63, 3.8) is 0 Å². The van der Waals surface area contributed by atoms with E-state index in [1.807, 2.05) is 0 Å². The highest BCUT2D eigenvalue weighted by Crippen LogP contribution is 2.72. The van der Waals surface area contributed by atoms with Crippen molar-refractivity contribution in [2.24, 2.45) is 10.8 Å². The average Bonchev–Trinajstić information content (AvgIpc) is 2.65. The third-order valence-corrected chi connectivity index (χ3v) is 5.67. The van der Waals surface area contributed by atoms with Crippen LogP contribution in [-0.2, 0) is 19.4 Å². The van der Waals surface area contributed by atoms with E-state index >= 15 is 0 Å². The Labute approximate surface area is 116 Å². The van der Waals surface area contributed by atoms with Crippen LogP contribution in [0, 0.1) is 10.8 Å². The Hall–Kier alpha value is -0.830. The highest BCUT2D eigenvalue weighted by Gasteiger charge is 2.66. The fourth-order valence-electron chi connectivity index (χ4n) is 3.90. The molecule has 1 aliphatic heterocycles. The molecule has 0 unspecified atom stereocenters. The second-order valence-corrected chi connectivity index (χ2v) is 7.31. The van der Waals surface area contributed by atoms with Crippen molar-refractivity contribution < 1.29 is 0 Å². The zero-order valence-electron chi connectivity index (χ0n) is 13.0. The van der Waals surface area contributed by atoms with E-state index in [2.05, 4.69) is 44.5 Å². The lowest BCUT2D eigenvalue weighted by molar-refractivity contribution is 0.457. The number of imidazole rings is 1. The first kappa shape index (κ1) is 13.2. The molecular formula is C16H27N3. The molecule has 0 atom stereocenters. The van der Waals surface area contributed by atoms with E-state index in [1.54, 1.807) is 0 Å². The first-order chi connectivity index (χ1) is 8.91. The van der Waals surface area contributed by atoms with Crippen molar-refractivity contribution in [3.8, 4) is 0 Å². The molecule has 1 saturated carbocycles. The van der Waals surface area contributed by atoms with Crippen molar-refractivity contribution in [1.29, 1.82) is 0 Å². The Balaban J connectivity index is 2.07. The standard InChI is InChI=1S/C16H27N3/c1-6-7-13-18-11-10-17-9-8-12(11)19(13)14-15(2,3)16(14,4)5/h14,17H,6-10H2,1-5H3. The molecule has 19 heavy (non-hydrogen) atoms. The Morgan fingerprint density at radius 3 is 2.53 bits per heavy atom. The van der Waals surface area contributed by atoms with E-state index in [9.17, 15) is 0 Å². The lowest BCUT2D eigenvalue weighted by atomic mass is 10.0. The maximum atomic E-state index is 4.93. The Kier molecular flexibility index (Phi) is 2.83. The Bertz CT molecular complexity index is 482. The first-order valence-corrected chi connectivity index (χ1v) is 7.70. The third-order valence-electron chi connectivity index (χ3n) is 5.67. The van der Waals surface area contributed by atoms with Gasteiger partial charge in [0.05, 0.1) is 5.69 Å². The predicted octanol–water partition coefficient (Wildman–Crippen LogP) is 3.09. The van der Waals surface area contributed by atoms with Gasteiger partial charge in [-0.05, 0) is 17.3 Å². The quantitative estimate of drug-likeness (QED) is 0.906. The summed E-state index contributed by atoms with van der Waals surface area (Å²) in [5.41, 5.74) is 3.57. The topological polar surface area (TPSA) is 29.9 Å². The summed E-state index contributed by atoms with van der Waals surface area (Å²) >= 11 is 0. The molecule has 0 aromatic carbocycles. The molecular weight excluding hydrogens is 234 g/mol. The molecule has 3 rings (SSSR count). The third kappa shape index (κ3) is 1.70. The highest BCUT2D eigenvalue weighted by molar-refractivity contribution is 5.28. The molecule has 2 aliphatic rings. The highest BCUT2D eigenvalue weighted by atomic mass is 15.2. The lowest BCUT2D eigenvalue weighted by Crippen LogP contribution is -2.25. The van der Waals surface area contributed by atoms with Gasteiger partial charge in [0.2, 0.25) is 0 Å². The first-order valence-electron chi connectivity index (χ1n) is 7.70. The fourth-order valence-corrected chi connectivity index (χ4v) is 3.90. The van der Waals surface area contributed by atoms with Crippen LogP contribution in [0.2, 0.25) is 0 Å².